The van der Waals surface area contributed by atoms with E-state index in [0.29, 0.717) is 30.2 Å². The number of carbonyl (C=O) groups excluding carboxylic acids is 2. The number of para-hydroxylation sites is 1. The van der Waals surface area contributed by atoms with E-state index in [1.54, 1.807) is 17.2 Å². The Balaban J connectivity index is 1.36. The summed E-state index contributed by atoms with van der Waals surface area (Å²) in [5.74, 6) is 0.541. The molecule has 176 valence electrons. The second kappa shape index (κ2) is 8.39. The van der Waals surface area contributed by atoms with Crippen molar-refractivity contribution in [1.29, 1.82) is 0 Å². The minimum Gasteiger partial charge on any atom is -0.453 e. The molecule has 2 aromatic heterocycles. The van der Waals surface area contributed by atoms with Crippen LogP contribution < -0.4 is 10.2 Å². The van der Waals surface area contributed by atoms with E-state index in [9.17, 15) is 9.59 Å². The zero-order chi connectivity index (χ0) is 24.1. The van der Waals surface area contributed by atoms with Crippen molar-refractivity contribution in [3.8, 4) is 11.3 Å². The Morgan fingerprint density at radius 2 is 2.06 bits per heavy atom. The number of rotatable bonds is 3. The molecular formula is C26H22ClN5O3. The molecule has 6 rings (SSSR count). The third-order valence-electron chi connectivity index (χ3n) is 6.76. The van der Waals surface area contributed by atoms with Crippen LogP contribution in [0.2, 0.25) is 5.15 Å². The first-order valence-electron chi connectivity index (χ1n) is 11.4. The number of aromatic amines is 1. The molecule has 9 heteroatoms. The van der Waals surface area contributed by atoms with Crippen LogP contribution in [0.25, 0.3) is 22.2 Å². The molecule has 4 aromatic rings. The van der Waals surface area contributed by atoms with Crippen LogP contribution in [0.3, 0.4) is 0 Å². The van der Waals surface area contributed by atoms with Crippen molar-refractivity contribution in [1.82, 2.24) is 20.3 Å². The lowest BCUT2D eigenvalue weighted by Gasteiger charge is -2.27. The van der Waals surface area contributed by atoms with Crippen LogP contribution >= 0.6 is 11.6 Å². The number of aromatic nitrogens is 3. The van der Waals surface area contributed by atoms with Crippen LogP contribution in [-0.4, -0.2) is 40.1 Å². The highest BCUT2D eigenvalue weighted by Crippen LogP contribution is 2.44. The van der Waals surface area contributed by atoms with Gasteiger partial charge in [-0.25, -0.2) is 14.8 Å². The van der Waals surface area contributed by atoms with Crippen molar-refractivity contribution in [3.63, 3.8) is 0 Å². The number of benzene rings is 2. The van der Waals surface area contributed by atoms with Gasteiger partial charge in [0.15, 0.2) is 0 Å². The third kappa shape index (κ3) is 3.70. The first kappa shape index (κ1) is 21.6. The van der Waals surface area contributed by atoms with Gasteiger partial charge in [0.1, 0.15) is 17.0 Å². The summed E-state index contributed by atoms with van der Waals surface area (Å²) in [5, 5.41) is 4.13. The lowest BCUT2D eigenvalue weighted by atomic mass is 10.0. The molecule has 2 aromatic carbocycles. The van der Waals surface area contributed by atoms with Gasteiger partial charge < -0.3 is 15.0 Å². The van der Waals surface area contributed by atoms with Crippen molar-refractivity contribution in [2.24, 2.45) is 0 Å². The van der Waals surface area contributed by atoms with E-state index in [2.05, 4.69) is 26.3 Å². The number of carbonyl (C=O) groups is 2. The number of halogens is 1. The van der Waals surface area contributed by atoms with Gasteiger partial charge in [-0.2, -0.15) is 0 Å². The zero-order valence-electron chi connectivity index (χ0n) is 18.9. The van der Waals surface area contributed by atoms with E-state index >= 15 is 0 Å². The minimum atomic E-state index is -0.669. The molecule has 0 aliphatic carbocycles. The normalized spacial score (nSPS) is 18.9. The van der Waals surface area contributed by atoms with Gasteiger partial charge >= 0.3 is 6.09 Å². The molecular weight excluding hydrogens is 466 g/mol. The summed E-state index contributed by atoms with van der Waals surface area (Å²) in [6.07, 6.45) is 3.01. The van der Waals surface area contributed by atoms with Crippen LogP contribution in [0.5, 0.6) is 0 Å². The first-order valence-corrected chi connectivity index (χ1v) is 11.8. The summed E-state index contributed by atoms with van der Waals surface area (Å²) >= 11 is 6.01. The number of nitrogens with one attached hydrogen (secondary N) is 2. The quantitative estimate of drug-likeness (QED) is 0.412. The molecule has 2 atom stereocenters. The van der Waals surface area contributed by atoms with Gasteiger partial charge in [-0.1, -0.05) is 35.9 Å². The number of H-pyrrole nitrogens is 1. The molecule has 0 saturated carbocycles. The second-order valence-electron chi connectivity index (χ2n) is 8.80. The summed E-state index contributed by atoms with van der Waals surface area (Å²) < 4.78 is 4.75. The van der Waals surface area contributed by atoms with Crippen LogP contribution in [0, 0.1) is 0 Å². The molecule has 0 unspecified atom stereocenters. The van der Waals surface area contributed by atoms with E-state index < -0.39 is 12.1 Å². The molecule has 0 bridgehead atoms. The SMILES string of the molecule is COC(=O)N[C@H]1CCc2cccc3c2N(C1=O)[C@H](c1ncc(-c2ccc4nc(Cl)ccc4c2)[nH]1)C3. The Hall–Kier alpha value is -3.91. The Bertz CT molecular complexity index is 1480. The fraction of sp³-hybridized carbons (Fsp3) is 0.231. The molecule has 35 heavy (non-hydrogen) atoms. The summed E-state index contributed by atoms with van der Waals surface area (Å²) in [6, 6.07) is 14.8. The van der Waals surface area contributed by atoms with Crippen molar-refractivity contribution in [2.75, 3.05) is 12.0 Å². The Kier molecular flexibility index (Phi) is 5.18. The number of imidazole rings is 1. The highest BCUT2D eigenvalue weighted by atomic mass is 35.5. The summed E-state index contributed by atoms with van der Waals surface area (Å²) in [4.78, 5) is 39.8. The maximum Gasteiger partial charge on any atom is 0.407 e. The van der Waals surface area contributed by atoms with Crippen molar-refractivity contribution >= 4 is 40.2 Å². The number of hydrogen-bond acceptors (Lipinski definition) is 5. The number of anilines is 1. The number of methoxy groups -OCH3 is 1. The van der Waals surface area contributed by atoms with Crippen molar-refractivity contribution < 1.29 is 14.3 Å². The summed E-state index contributed by atoms with van der Waals surface area (Å²) in [6.45, 7) is 0. The highest BCUT2D eigenvalue weighted by Gasteiger charge is 2.42. The predicted octanol–water partition coefficient (Wildman–Crippen LogP) is 4.58. The number of nitrogens with zero attached hydrogens (tertiary/aromatic N) is 3. The standard InChI is InChI=1S/C26H22ClN5O3/c1-35-26(34)31-19-9-5-14-3-2-4-17-12-21(32(23(14)17)25(19)33)24-28-13-20(30-24)16-6-8-18-15(11-16)7-10-22(27)29-18/h2-4,6-8,10-11,13,19,21H,5,9,12H2,1H3,(H,28,30)(H,31,34)/t19-,21-/m0/s1. The Morgan fingerprint density at radius 1 is 1.20 bits per heavy atom. The van der Waals surface area contributed by atoms with E-state index in [1.807, 2.05) is 36.4 Å². The fourth-order valence-electron chi connectivity index (χ4n) is 5.11. The number of ether oxygens (including phenoxy) is 1. The average Bonchev–Trinajstić information content (AvgIpc) is 3.48. The summed E-state index contributed by atoms with van der Waals surface area (Å²) in [5.41, 5.74) is 5.76. The number of hydrogen-bond donors (Lipinski definition) is 2. The highest BCUT2D eigenvalue weighted by molar-refractivity contribution is 6.29. The average molecular weight is 488 g/mol. The van der Waals surface area contributed by atoms with Crippen LogP contribution in [-0.2, 0) is 22.4 Å². The molecule has 2 amide bonds. The Labute approximate surface area is 206 Å². The van der Waals surface area contributed by atoms with Crippen LogP contribution in [0.4, 0.5) is 10.5 Å². The van der Waals surface area contributed by atoms with Gasteiger partial charge in [0.05, 0.1) is 36.2 Å². The second-order valence-corrected chi connectivity index (χ2v) is 9.19. The van der Waals surface area contributed by atoms with Crippen molar-refractivity contribution in [2.45, 2.75) is 31.3 Å². The minimum absolute atomic E-state index is 0.157. The molecule has 2 aliphatic heterocycles. The van der Waals surface area contributed by atoms with Gasteiger partial charge in [-0.3, -0.25) is 9.69 Å². The third-order valence-corrected chi connectivity index (χ3v) is 6.97. The zero-order valence-corrected chi connectivity index (χ0v) is 19.7. The summed E-state index contributed by atoms with van der Waals surface area (Å²) in [7, 11) is 1.30. The van der Waals surface area contributed by atoms with Gasteiger partial charge in [-0.05, 0) is 48.2 Å². The lowest BCUT2D eigenvalue weighted by molar-refractivity contribution is -0.121. The number of aryl methyl sites for hydroxylation is 1. The first-order chi connectivity index (χ1) is 17.0. The largest absolute Gasteiger partial charge is 0.453 e. The number of pyridine rings is 1. The van der Waals surface area contributed by atoms with Gasteiger partial charge in [0.25, 0.3) is 0 Å². The maximum absolute atomic E-state index is 13.7. The topological polar surface area (TPSA) is 100 Å². The predicted molar refractivity (Wildman–Crippen MR) is 132 cm³/mol. The van der Waals surface area contributed by atoms with E-state index in [1.165, 1.54) is 7.11 Å². The Morgan fingerprint density at radius 3 is 2.91 bits per heavy atom. The smallest absolute Gasteiger partial charge is 0.407 e. The lowest BCUT2D eigenvalue weighted by Crippen LogP contribution is -2.48. The van der Waals surface area contributed by atoms with Crippen LogP contribution in [0.15, 0.2) is 54.7 Å². The van der Waals surface area contributed by atoms with E-state index in [-0.39, 0.29) is 11.9 Å². The number of amides is 2. The monoisotopic (exact) mass is 487 g/mol. The van der Waals surface area contributed by atoms with E-state index in [0.717, 1.165) is 39.0 Å². The molecule has 8 nitrogen and oxygen atoms in total. The van der Waals surface area contributed by atoms with Gasteiger partial charge in [0, 0.05) is 17.4 Å². The number of fused-ring (bicyclic) bond motifs is 1. The van der Waals surface area contributed by atoms with Gasteiger partial charge in [0.2, 0.25) is 5.91 Å². The number of alkyl carbamates (subject to hydrolysis) is 1. The molecule has 0 fully saturated rings. The van der Waals surface area contributed by atoms with Gasteiger partial charge in [-0.15, -0.1) is 0 Å². The molecule has 0 radical (unpaired) electrons. The fourth-order valence-corrected chi connectivity index (χ4v) is 5.26. The molecule has 2 aliphatic rings. The van der Waals surface area contributed by atoms with Crippen molar-refractivity contribution in [3.05, 3.63) is 76.8 Å². The molecule has 0 spiro atoms. The maximum atomic E-state index is 13.7. The molecule has 0 saturated heterocycles. The van der Waals surface area contributed by atoms with Crippen LogP contribution in [0.1, 0.15) is 29.4 Å². The van der Waals surface area contributed by atoms with E-state index in [4.69, 9.17) is 16.3 Å². The molecule has 4 heterocycles. The molecule has 2 N–H and O–H groups in total.